The average molecular weight is 271 g/mol. The van der Waals surface area contributed by atoms with Crippen molar-refractivity contribution < 1.29 is 4.79 Å². The van der Waals surface area contributed by atoms with Crippen LogP contribution in [0.4, 0.5) is 0 Å². The van der Waals surface area contributed by atoms with Gasteiger partial charge < -0.3 is 5.32 Å². The highest BCUT2D eigenvalue weighted by Crippen LogP contribution is 2.13. The highest BCUT2D eigenvalue weighted by molar-refractivity contribution is 5.97. The molecule has 0 spiro atoms. The Morgan fingerprint density at radius 1 is 1.25 bits per heavy atom. The van der Waals surface area contributed by atoms with Gasteiger partial charge in [0.25, 0.3) is 0 Å². The first-order valence-corrected chi connectivity index (χ1v) is 6.95. The highest BCUT2D eigenvalue weighted by atomic mass is 16.1. The van der Waals surface area contributed by atoms with Crippen molar-refractivity contribution in [1.82, 2.24) is 15.1 Å². The Morgan fingerprint density at radius 3 is 2.75 bits per heavy atom. The van der Waals surface area contributed by atoms with Crippen LogP contribution in [0, 0.1) is 0 Å². The lowest BCUT2D eigenvalue weighted by molar-refractivity contribution is 0.0981. The lowest BCUT2D eigenvalue weighted by atomic mass is 9.98. The summed E-state index contributed by atoms with van der Waals surface area (Å²) in [6.45, 7) is 0.881. The van der Waals surface area contributed by atoms with E-state index < -0.39 is 0 Å². The molecule has 4 nitrogen and oxygen atoms in total. The Kier molecular flexibility index (Phi) is 5.07. The van der Waals surface area contributed by atoms with E-state index >= 15 is 0 Å². The molecule has 2 rings (SSSR count). The fourth-order valence-electron chi connectivity index (χ4n) is 2.29. The van der Waals surface area contributed by atoms with E-state index in [2.05, 4.69) is 10.4 Å². The third-order valence-corrected chi connectivity index (χ3v) is 3.49. The Hall–Kier alpha value is -1.94. The SMILES string of the molecule is CNCCc1ccccc1C(=O)CCc1ccnn1C. The van der Waals surface area contributed by atoms with Crippen molar-refractivity contribution in [3.63, 3.8) is 0 Å². The predicted molar refractivity (Wildman–Crippen MR) is 79.9 cm³/mol. The van der Waals surface area contributed by atoms with Crippen molar-refractivity contribution in [2.75, 3.05) is 13.6 Å². The summed E-state index contributed by atoms with van der Waals surface area (Å²) in [6, 6.07) is 9.84. The van der Waals surface area contributed by atoms with E-state index in [1.165, 1.54) is 0 Å². The number of benzene rings is 1. The maximum Gasteiger partial charge on any atom is 0.163 e. The molecule has 20 heavy (non-hydrogen) atoms. The minimum Gasteiger partial charge on any atom is -0.319 e. The van der Waals surface area contributed by atoms with Gasteiger partial charge in [-0.05, 0) is 38.1 Å². The molecule has 1 heterocycles. The normalized spacial score (nSPS) is 10.7. The molecule has 0 aliphatic carbocycles. The van der Waals surface area contributed by atoms with E-state index in [1.54, 1.807) is 6.20 Å². The summed E-state index contributed by atoms with van der Waals surface area (Å²) in [5.74, 6) is 0.206. The van der Waals surface area contributed by atoms with Crippen LogP contribution < -0.4 is 5.32 Å². The Morgan fingerprint density at radius 2 is 2.05 bits per heavy atom. The number of aromatic nitrogens is 2. The molecule has 0 radical (unpaired) electrons. The van der Waals surface area contributed by atoms with Crippen LogP contribution in [-0.4, -0.2) is 29.2 Å². The van der Waals surface area contributed by atoms with Gasteiger partial charge in [-0.15, -0.1) is 0 Å². The van der Waals surface area contributed by atoms with Gasteiger partial charge in [-0.1, -0.05) is 24.3 Å². The number of nitrogens with zero attached hydrogens (tertiary/aromatic N) is 2. The molecule has 1 N–H and O–H groups in total. The molecule has 1 aromatic heterocycles. The van der Waals surface area contributed by atoms with E-state index in [-0.39, 0.29) is 5.78 Å². The molecular weight excluding hydrogens is 250 g/mol. The summed E-state index contributed by atoms with van der Waals surface area (Å²) in [5, 5.41) is 7.24. The minimum absolute atomic E-state index is 0.206. The number of carbonyl (C=O) groups excluding carboxylic acids is 1. The number of nitrogens with one attached hydrogen (secondary N) is 1. The average Bonchev–Trinajstić information content (AvgIpc) is 2.88. The smallest absolute Gasteiger partial charge is 0.163 e. The van der Waals surface area contributed by atoms with Crippen LogP contribution in [0.1, 0.15) is 28.0 Å². The number of rotatable bonds is 7. The monoisotopic (exact) mass is 271 g/mol. The van der Waals surface area contributed by atoms with E-state index in [0.717, 1.165) is 36.2 Å². The van der Waals surface area contributed by atoms with Gasteiger partial charge in [0, 0.05) is 30.9 Å². The van der Waals surface area contributed by atoms with Crippen LogP contribution in [0.15, 0.2) is 36.5 Å². The number of hydrogen-bond acceptors (Lipinski definition) is 3. The van der Waals surface area contributed by atoms with E-state index in [9.17, 15) is 4.79 Å². The molecule has 4 heteroatoms. The van der Waals surface area contributed by atoms with Gasteiger partial charge in [0.1, 0.15) is 0 Å². The van der Waals surface area contributed by atoms with Crippen molar-refractivity contribution in [2.24, 2.45) is 7.05 Å². The third kappa shape index (κ3) is 3.54. The second-order valence-corrected chi connectivity index (χ2v) is 4.88. The highest BCUT2D eigenvalue weighted by Gasteiger charge is 2.11. The first-order chi connectivity index (χ1) is 9.72. The summed E-state index contributed by atoms with van der Waals surface area (Å²) in [5.41, 5.74) is 3.06. The van der Waals surface area contributed by atoms with Crippen LogP contribution in [0.25, 0.3) is 0 Å². The molecule has 0 aliphatic rings. The molecule has 0 fully saturated rings. The van der Waals surface area contributed by atoms with Crippen LogP contribution in [0.3, 0.4) is 0 Å². The summed E-state index contributed by atoms with van der Waals surface area (Å²) in [7, 11) is 3.83. The molecule has 106 valence electrons. The Bertz CT molecular complexity index is 575. The van der Waals surface area contributed by atoms with Crippen molar-refractivity contribution in [1.29, 1.82) is 0 Å². The van der Waals surface area contributed by atoms with Crippen molar-refractivity contribution in [3.8, 4) is 0 Å². The lowest BCUT2D eigenvalue weighted by Crippen LogP contribution is -2.13. The quantitative estimate of drug-likeness (QED) is 0.783. The van der Waals surface area contributed by atoms with E-state index in [0.29, 0.717) is 6.42 Å². The van der Waals surface area contributed by atoms with E-state index in [1.807, 2.05) is 49.1 Å². The third-order valence-electron chi connectivity index (χ3n) is 3.49. The van der Waals surface area contributed by atoms with Crippen LogP contribution in [0.5, 0.6) is 0 Å². The second kappa shape index (κ2) is 7.01. The van der Waals surface area contributed by atoms with Gasteiger partial charge >= 0.3 is 0 Å². The molecule has 0 aliphatic heterocycles. The summed E-state index contributed by atoms with van der Waals surface area (Å²) in [4.78, 5) is 12.4. The van der Waals surface area contributed by atoms with Crippen molar-refractivity contribution >= 4 is 5.78 Å². The Balaban J connectivity index is 2.03. The molecular formula is C16H21N3O. The van der Waals surface area contributed by atoms with Crippen LogP contribution in [0.2, 0.25) is 0 Å². The minimum atomic E-state index is 0.206. The molecule has 2 aromatic rings. The molecule has 0 saturated heterocycles. The maximum absolute atomic E-state index is 12.4. The molecule has 0 saturated carbocycles. The van der Waals surface area contributed by atoms with Crippen LogP contribution >= 0.6 is 0 Å². The first-order valence-electron chi connectivity index (χ1n) is 6.95. The van der Waals surface area contributed by atoms with Gasteiger partial charge in [0.05, 0.1) is 0 Å². The zero-order valence-electron chi connectivity index (χ0n) is 12.1. The fourth-order valence-corrected chi connectivity index (χ4v) is 2.29. The predicted octanol–water partition coefficient (Wildman–Crippen LogP) is 2.00. The lowest BCUT2D eigenvalue weighted by Gasteiger charge is -2.08. The number of carbonyl (C=O) groups is 1. The number of hydrogen-bond donors (Lipinski definition) is 1. The number of ketones is 1. The molecule has 1 aromatic carbocycles. The summed E-state index contributed by atoms with van der Waals surface area (Å²) in [6.07, 6.45) is 3.90. The van der Waals surface area contributed by atoms with Gasteiger partial charge in [-0.3, -0.25) is 9.48 Å². The van der Waals surface area contributed by atoms with Gasteiger partial charge in [0.2, 0.25) is 0 Å². The van der Waals surface area contributed by atoms with Crippen molar-refractivity contribution in [2.45, 2.75) is 19.3 Å². The number of Topliss-reactive ketones (excluding diaryl/α,β-unsaturated/α-hetero) is 1. The molecule has 0 unspecified atom stereocenters. The zero-order chi connectivity index (χ0) is 14.4. The standard InChI is InChI=1S/C16H21N3O/c1-17-11-9-13-5-3-4-6-15(13)16(20)8-7-14-10-12-18-19(14)2/h3-6,10,12,17H,7-9,11H2,1-2H3. The van der Waals surface area contributed by atoms with Gasteiger partial charge in [-0.25, -0.2) is 0 Å². The van der Waals surface area contributed by atoms with E-state index in [4.69, 9.17) is 0 Å². The fraction of sp³-hybridized carbons (Fsp3) is 0.375. The molecule has 0 amide bonds. The summed E-state index contributed by atoms with van der Waals surface area (Å²) >= 11 is 0. The van der Waals surface area contributed by atoms with Gasteiger partial charge in [0.15, 0.2) is 5.78 Å². The topological polar surface area (TPSA) is 46.9 Å². The number of aryl methyl sites for hydroxylation is 2. The summed E-state index contributed by atoms with van der Waals surface area (Å²) < 4.78 is 1.82. The zero-order valence-corrected chi connectivity index (χ0v) is 12.1. The maximum atomic E-state index is 12.4. The first kappa shape index (κ1) is 14.5. The number of likely N-dealkylation sites (N-methyl/N-ethyl adjacent to an activating group) is 1. The van der Waals surface area contributed by atoms with Crippen LogP contribution in [-0.2, 0) is 19.9 Å². The largest absolute Gasteiger partial charge is 0.319 e. The second-order valence-electron chi connectivity index (χ2n) is 4.88. The van der Waals surface area contributed by atoms with Gasteiger partial charge in [-0.2, -0.15) is 5.10 Å². The molecule has 0 bridgehead atoms. The molecule has 0 atom stereocenters. The van der Waals surface area contributed by atoms with Crippen molar-refractivity contribution in [3.05, 3.63) is 53.3 Å². The Labute approximate surface area is 119 Å².